The SMILES string of the molecule is CCCn1c(=O)c2c(nc(C3CCCCC3)n2Cc2ccc(-c3ccccc3-c3nn[nH]n3)cc2)n(CC(C)C)c1=O. The van der Waals surface area contributed by atoms with Crippen molar-refractivity contribution in [2.45, 2.75) is 84.8 Å². The van der Waals surface area contributed by atoms with Gasteiger partial charge in [-0.2, -0.15) is 5.21 Å². The molecule has 0 spiro atoms. The van der Waals surface area contributed by atoms with Crippen molar-refractivity contribution in [2.24, 2.45) is 5.92 Å². The molecule has 0 aliphatic heterocycles. The standard InChI is InChI=1S/C32H38N8O2/c1-4-18-38-31(41)27-30(40(32(38)42)19-21(2)3)33-29(24-10-6-5-7-11-24)39(27)20-22-14-16-23(17-15-22)25-12-8-9-13-26(25)28-34-36-37-35-28/h8-9,12-17,21,24H,4-7,10-11,18-20H2,1-3H3,(H,34,35,36,37). The highest BCUT2D eigenvalue weighted by molar-refractivity contribution is 5.80. The van der Waals surface area contributed by atoms with Gasteiger partial charge in [0.05, 0.1) is 0 Å². The highest BCUT2D eigenvalue weighted by Gasteiger charge is 2.27. The molecule has 42 heavy (non-hydrogen) atoms. The zero-order chi connectivity index (χ0) is 29.2. The molecule has 1 aliphatic carbocycles. The van der Waals surface area contributed by atoms with Crippen LogP contribution in [0, 0.1) is 5.92 Å². The van der Waals surface area contributed by atoms with Gasteiger partial charge in [0.1, 0.15) is 5.82 Å². The largest absolute Gasteiger partial charge is 0.332 e. The van der Waals surface area contributed by atoms with E-state index in [0.717, 1.165) is 53.8 Å². The molecular weight excluding hydrogens is 528 g/mol. The van der Waals surface area contributed by atoms with Crippen molar-refractivity contribution in [1.82, 2.24) is 39.3 Å². The van der Waals surface area contributed by atoms with Crippen LogP contribution in [0.2, 0.25) is 0 Å². The second kappa shape index (κ2) is 11.9. The van der Waals surface area contributed by atoms with E-state index in [1.165, 1.54) is 11.0 Å². The molecule has 1 N–H and O–H groups in total. The molecule has 0 bridgehead atoms. The number of hydrogen-bond donors (Lipinski definition) is 1. The van der Waals surface area contributed by atoms with Crippen molar-refractivity contribution in [1.29, 1.82) is 0 Å². The van der Waals surface area contributed by atoms with Crippen LogP contribution < -0.4 is 11.2 Å². The Morgan fingerprint density at radius 3 is 2.33 bits per heavy atom. The Bertz CT molecular complexity index is 1790. The van der Waals surface area contributed by atoms with Crippen molar-refractivity contribution < 1.29 is 0 Å². The fourth-order valence-electron chi connectivity index (χ4n) is 6.27. The zero-order valence-corrected chi connectivity index (χ0v) is 24.6. The minimum Gasteiger partial charge on any atom is -0.317 e. The Morgan fingerprint density at radius 1 is 0.929 bits per heavy atom. The van der Waals surface area contributed by atoms with E-state index in [1.54, 1.807) is 4.57 Å². The van der Waals surface area contributed by atoms with Crippen LogP contribution in [0.1, 0.15) is 76.6 Å². The van der Waals surface area contributed by atoms with E-state index in [0.29, 0.717) is 43.0 Å². The molecule has 0 atom stereocenters. The molecule has 10 nitrogen and oxygen atoms in total. The normalized spacial score (nSPS) is 14.3. The van der Waals surface area contributed by atoms with Gasteiger partial charge >= 0.3 is 5.69 Å². The predicted molar refractivity (Wildman–Crippen MR) is 163 cm³/mol. The van der Waals surface area contributed by atoms with E-state index < -0.39 is 0 Å². The van der Waals surface area contributed by atoms with E-state index in [2.05, 4.69) is 69.4 Å². The first-order valence-electron chi connectivity index (χ1n) is 15.1. The Hall–Kier alpha value is -4.34. The Labute approximate surface area is 244 Å². The molecule has 3 aromatic heterocycles. The maximum absolute atomic E-state index is 13.9. The lowest BCUT2D eigenvalue weighted by molar-refractivity contribution is 0.419. The minimum absolute atomic E-state index is 0.239. The molecule has 1 saturated carbocycles. The van der Waals surface area contributed by atoms with E-state index in [9.17, 15) is 9.59 Å². The summed E-state index contributed by atoms with van der Waals surface area (Å²) >= 11 is 0. The van der Waals surface area contributed by atoms with Gasteiger partial charge in [0.15, 0.2) is 11.2 Å². The second-order valence-corrected chi connectivity index (χ2v) is 11.8. The van der Waals surface area contributed by atoms with Crippen molar-refractivity contribution in [3.8, 4) is 22.5 Å². The first kappa shape index (κ1) is 27.8. The summed E-state index contributed by atoms with van der Waals surface area (Å²) in [6.45, 7) is 7.59. The quantitative estimate of drug-likeness (QED) is 0.256. The molecule has 0 unspecified atom stereocenters. The first-order valence-corrected chi connectivity index (χ1v) is 15.1. The third-order valence-corrected chi connectivity index (χ3v) is 8.23. The molecular formula is C32H38N8O2. The third-order valence-electron chi connectivity index (χ3n) is 8.23. The maximum atomic E-state index is 13.9. The number of benzene rings is 2. The topological polar surface area (TPSA) is 116 Å². The molecule has 3 heterocycles. The van der Waals surface area contributed by atoms with Crippen LogP contribution in [0.4, 0.5) is 0 Å². The third kappa shape index (κ3) is 5.21. The summed E-state index contributed by atoms with van der Waals surface area (Å²) in [6.07, 6.45) is 6.34. The number of H-pyrrole nitrogens is 1. The molecule has 10 heteroatoms. The van der Waals surface area contributed by atoms with Crippen molar-refractivity contribution in [2.75, 3.05) is 0 Å². The Balaban J connectivity index is 1.46. The summed E-state index contributed by atoms with van der Waals surface area (Å²) in [5, 5.41) is 14.6. The van der Waals surface area contributed by atoms with Crippen LogP contribution in [-0.2, 0) is 19.6 Å². The molecule has 218 valence electrons. The van der Waals surface area contributed by atoms with Crippen LogP contribution >= 0.6 is 0 Å². The van der Waals surface area contributed by atoms with Gasteiger partial charge in [-0.05, 0) is 47.1 Å². The molecule has 0 saturated heterocycles. The van der Waals surface area contributed by atoms with Crippen molar-refractivity contribution in [3.05, 3.63) is 80.8 Å². The van der Waals surface area contributed by atoms with E-state index >= 15 is 0 Å². The summed E-state index contributed by atoms with van der Waals surface area (Å²) in [5.74, 6) is 1.99. The van der Waals surface area contributed by atoms with Gasteiger partial charge in [0.2, 0.25) is 5.82 Å². The Morgan fingerprint density at radius 2 is 1.67 bits per heavy atom. The molecule has 1 aliphatic rings. The number of aromatic nitrogens is 8. The average Bonchev–Trinajstić information content (AvgIpc) is 3.67. The van der Waals surface area contributed by atoms with Crippen molar-refractivity contribution in [3.63, 3.8) is 0 Å². The van der Waals surface area contributed by atoms with Gasteiger partial charge in [0, 0.05) is 31.1 Å². The van der Waals surface area contributed by atoms with Gasteiger partial charge in [-0.3, -0.25) is 13.9 Å². The summed E-state index contributed by atoms with van der Waals surface area (Å²) < 4.78 is 5.25. The predicted octanol–water partition coefficient (Wildman–Crippen LogP) is 5.37. The summed E-state index contributed by atoms with van der Waals surface area (Å²) in [7, 11) is 0. The summed E-state index contributed by atoms with van der Waals surface area (Å²) in [4.78, 5) is 32.6. The first-order chi connectivity index (χ1) is 20.5. The molecule has 1 fully saturated rings. The second-order valence-electron chi connectivity index (χ2n) is 11.8. The van der Waals surface area contributed by atoms with Crippen LogP contribution in [0.3, 0.4) is 0 Å². The minimum atomic E-state index is -0.257. The van der Waals surface area contributed by atoms with Gasteiger partial charge in [0.25, 0.3) is 5.56 Å². The molecule has 0 amide bonds. The Kier molecular flexibility index (Phi) is 7.86. The summed E-state index contributed by atoms with van der Waals surface area (Å²) in [5.41, 5.74) is 4.59. The molecule has 6 rings (SSSR count). The number of rotatable bonds is 9. The molecule has 0 radical (unpaired) electrons. The van der Waals surface area contributed by atoms with Crippen LogP contribution in [-0.4, -0.2) is 39.3 Å². The van der Waals surface area contributed by atoms with Gasteiger partial charge < -0.3 is 4.57 Å². The number of tetrazole rings is 1. The number of nitrogens with zero attached hydrogens (tertiary/aromatic N) is 7. The number of nitrogens with one attached hydrogen (secondary N) is 1. The molecule has 5 aromatic rings. The van der Waals surface area contributed by atoms with E-state index in [-0.39, 0.29) is 23.1 Å². The number of imidazole rings is 1. The van der Waals surface area contributed by atoms with E-state index in [1.807, 2.05) is 25.1 Å². The number of fused-ring (bicyclic) bond motifs is 1. The maximum Gasteiger partial charge on any atom is 0.332 e. The fourth-order valence-corrected chi connectivity index (χ4v) is 6.27. The van der Waals surface area contributed by atoms with Crippen molar-refractivity contribution >= 4 is 11.2 Å². The summed E-state index contributed by atoms with van der Waals surface area (Å²) in [6, 6.07) is 16.4. The lowest BCUT2D eigenvalue weighted by Crippen LogP contribution is -2.41. The van der Waals surface area contributed by atoms with E-state index in [4.69, 9.17) is 4.98 Å². The average molecular weight is 567 g/mol. The fraction of sp³-hybridized carbons (Fsp3) is 0.438. The van der Waals surface area contributed by atoms with Gasteiger partial charge in [-0.25, -0.2) is 9.78 Å². The smallest absolute Gasteiger partial charge is 0.317 e. The highest BCUT2D eigenvalue weighted by atomic mass is 16.2. The lowest BCUT2D eigenvalue weighted by Gasteiger charge is -2.22. The number of hydrogen-bond acceptors (Lipinski definition) is 6. The molecule has 2 aromatic carbocycles. The van der Waals surface area contributed by atoms with Crippen LogP contribution in [0.15, 0.2) is 58.1 Å². The van der Waals surface area contributed by atoms with Gasteiger partial charge in [-0.15, -0.1) is 10.2 Å². The monoisotopic (exact) mass is 566 g/mol. The van der Waals surface area contributed by atoms with Crippen LogP contribution in [0.25, 0.3) is 33.7 Å². The van der Waals surface area contributed by atoms with Crippen LogP contribution in [0.5, 0.6) is 0 Å². The zero-order valence-electron chi connectivity index (χ0n) is 24.6. The van der Waals surface area contributed by atoms with Gasteiger partial charge in [-0.1, -0.05) is 88.6 Å². The highest BCUT2D eigenvalue weighted by Crippen LogP contribution is 2.34. The number of aromatic amines is 1. The lowest BCUT2D eigenvalue weighted by atomic mass is 9.88.